The van der Waals surface area contributed by atoms with Crippen LogP contribution < -0.4 is 9.47 Å². The van der Waals surface area contributed by atoms with Gasteiger partial charge in [-0.15, -0.1) is 0 Å². The van der Waals surface area contributed by atoms with Gasteiger partial charge in [0, 0.05) is 0 Å². The van der Waals surface area contributed by atoms with Crippen molar-refractivity contribution < 1.29 is 28.2 Å². The van der Waals surface area contributed by atoms with Gasteiger partial charge in [-0.05, 0) is 24.6 Å². The third-order valence-corrected chi connectivity index (χ3v) is 3.10. The molecule has 0 bridgehead atoms. The van der Waals surface area contributed by atoms with E-state index in [0.717, 1.165) is 11.6 Å². The highest BCUT2D eigenvalue weighted by atomic mass is 19.1. The van der Waals surface area contributed by atoms with E-state index >= 15 is 0 Å². The maximum atomic E-state index is 14.0. The van der Waals surface area contributed by atoms with E-state index < -0.39 is 11.8 Å². The standard InChI is InChI=1S/C18H17FO5/c1-2-22-17(21)12-23-16-9-8-15(19)18(14(16)10-20)24-11-13-6-4-3-5-7-13/h3-10H,2,11-12H2,1H3. The summed E-state index contributed by atoms with van der Waals surface area (Å²) >= 11 is 0. The van der Waals surface area contributed by atoms with E-state index in [-0.39, 0.29) is 36.9 Å². The summed E-state index contributed by atoms with van der Waals surface area (Å²) in [6.45, 7) is 1.61. The summed E-state index contributed by atoms with van der Waals surface area (Å²) in [5, 5.41) is 0. The second kappa shape index (κ2) is 8.67. The highest BCUT2D eigenvalue weighted by Gasteiger charge is 2.17. The Balaban J connectivity index is 2.16. The number of ether oxygens (including phenoxy) is 3. The summed E-state index contributed by atoms with van der Waals surface area (Å²) in [6, 6.07) is 11.5. The molecule has 0 aliphatic carbocycles. The van der Waals surface area contributed by atoms with E-state index in [1.807, 2.05) is 30.3 Å². The number of hydrogen-bond acceptors (Lipinski definition) is 5. The molecule has 2 aromatic rings. The van der Waals surface area contributed by atoms with Crippen LogP contribution in [0.15, 0.2) is 42.5 Å². The molecule has 0 saturated carbocycles. The molecule has 0 spiro atoms. The third-order valence-electron chi connectivity index (χ3n) is 3.10. The number of carbonyl (C=O) groups excluding carboxylic acids is 2. The molecule has 2 aromatic carbocycles. The molecule has 5 nitrogen and oxygen atoms in total. The summed E-state index contributed by atoms with van der Waals surface area (Å²) in [5.41, 5.74) is 0.738. The van der Waals surface area contributed by atoms with Crippen LogP contribution >= 0.6 is 0 Å². The van der Waals surface area contributed by atoms with Crippen LogP contribution in [0.3, 0.4) is 0 Å². The average Bonchev–Trinajstić information content (AvgIpc) is 2.60. The number of hydrogen-bond donors (Lipinski definition) is 0. The lowest BCUT2D eigenvalue weighted by Crippen LogP contribution is -2.15. The van der Waals surface area contributed by atoms with Crippen LogP contribution in [0.1, 0.15) is 22.8 Å². The Labute approximate surface area is 139 Å². The van der Waals surface area contributed by atoms with Crippen molar-refractivity contribution in [3.63, 3.8) is 0 Å². The number of esters is 1. The van der Waals surface area contributed by atoms with E-state index in [1.54, 1.807) is 6.92 Å². The van der Waals surface area contributed by atoms with Gasteiger partial charge in [0.05, 0.1) is 6.61 Å². The zero-order valence-electron chi connectivity index (χ0n) is 13.2. The fraction of sp³-hybridized carbons (Fsp3) is 0.222. The largest absolute Gasteiger partial charge is 0.485 e. The zero-order valence-corrected chi connectivity index (χ0v) is 13.2. The van der Waals surface area contributed by atoms with Crippen molar-refractivity contribution in [1.82, 2.24) is 0 Å². The Kier molecular flexibility index (Phi) is 6.31. The minimum Gasteiger partial charge on any atom is -0.485 e. The maximum Gasteiger partial charge on any atom is 0.344 e. The van der Waals surface area contributed by atoms with Crippen molar-refractivity contribution in [2.45, 2.75) is 13.5 Å². The SMILES string of the molecule is CCOC(=O)COc1ccc(F)c(OCc2ccccc2)c1C=O. The minimum absolute atomic E-state index is 0.0579. The van der Waals surface area contributed by atoms with Gasteiger partial charge < -0.3 is 14.2 Å². The molecule has 0 aromatic heterocycles. The summed E-state index contributed by atoms with van der Waals surface area (Å²) in [4.78, 5) is 22.7. The normalized spacial score (nSPS) is 10.1. The van der Waals surface area contributed by atoms with Gasteiger partial charge in [0.15, 0.2) is 24.5 Å². The smallest absolute Gasteiger partial charge is 0.344 e. The van der Waals surface area contributed by atoms with E-state index in [1.165, 1.54) is 6.07 Å². The first-order valence-electron chi connectivity index (χ1n) is 7.38. The first kappa shape index (κ1) is 17.5. The monoisotopic (exact) mass is 332 g/mol. The van der Waals surface area contributed by atoms with Gasteiger partial charge in [0.2, 0.25) is 0 Å². The molecule has 0 unspecified atom stereocenters. The van der Waals surface area contributed by atoms with Gasteiger partial charge in [-0.3, -0.25) is 4.79 Å². The molecule has 0 fully saturated rings. The van der Waals surface area contributed by atoms with Crippen LogP contribution in [0.4, 0.5) is 4.39 Å². The summed E-state index contributed by atoms with van der Waals surface area (Å²) in [6.07, 6.45) is 0.434. The lowest BCUT2D eigenvalue weighted by Gasteiger charge is -2.13. The highest BCUT2D eigenvalue weighted by Crippen LogP contribution is 2.30. The molecule has 126 valence electrons. The van der Waals surface area contributed by atoms with Crippen LogP contribution in [-0.2, 0) is 16.1 Å². The van der Waals surface area contributed by atoms with Crippen molar-refractivity contribution in [2.24, 2.45) is 0 Å². The summed E-state index contributed by atoms with van der Waals surface area (Å²) in [7, 11) is 0. The van der Waals surface area contributed by atoms with Crippen LogP contribution in [0, 0.1) is 5.82 Å². The number of carbonyl (C=O) groups is 2. The Morgan fingerprint density at radius 2 is 1.88 bits per heavy atom. The van der Waals surface area contributed by atoms with Crippen molar-refractivity contribution in [2.75, 3.05) is 13.2 Å². The molecular weight excluding hydrogens is 315 g/mol. The fourth-order valence-corrected chi connectivity index (χ4v) is 2.01. The molecule has 24 heavy (non-hydrogen) atoms. The van der Waals surface area contributed by atoms with Gasteiger partial charge in [0.25, 0.3) is 0 Å². The first-order chi connectivity index (χ1) is 11.7. The summed E-state index contributed by atoms with van der Waals surface area (Å²) < 4.78 is 29.4. The van der Waals surface area contributed by atoms with Crippen molar-refractivity contribution in [3.05, 3.63) is 59.4 Å². The van der Waals surface area contributed by atoms with Crippen molar-refractivity contribution >= 4 is 12.3 Å². The Morgan fingerprint density at radius 1 is 1.12 bits per heavy atom. The van der Waals surface area contributed by atoms with Gasteiger partial charge in [-0.1, -0.05) is 30.3 Å². The second-order valence-electron chi connectivity index (χ2n) is 4.77. The lowest BCUT2D eigenvalue weighted by molar-refractivity contribution is -0.145. The fourth-order valence-electron chi connectivity index (χ4n) is 2.01. The predicted molar refractivity (Wildman–Crippen MR) is 84.7 cm³/mol. The van der Waals surface area contributed by atoms with E-state index in [0.29, 0.717) is 6.29 Å². The van der Waals surface area contributed by atoms with Gasteiger partial charge in [-0.2, -0.15) is 0 Å². The number of rotatable bonds is 8. The quantitative estimate of drug-likeness (QED) is 0.549. The molecule has 0 heterocycles. The molecule has 0 aliphatic heterocycles. The number of aldehydes is 1. The third kappa shape index (κ3) is 4.55. The van der Waals surface area contributed by atoms with Crippen LogP contribution in [0.2, 0.25) is 0 Å². The van der Waals surface area contributed by atoms with Crippen molar-refractivity contribution in [1.29, 1.82) is 0 Å². The molecule has 6 heteroatoms. The molecule has 0 amide bonds. The molecular formula is C18H17FO5. The minimum atomic E-state index is -0.684. The average molecular weight is 332 g/mol. The lowest BCUT2D eigenvalue weighted by atomic mass is 10.2. The van der Waals surface area contributed by atoms with Crippen molar-refractivity contribution in [3.8, 4) is 11.5 Å². The Morgan fingerprint density at radius 3 is 2.54 bits per heavy atom. The number of halogens is 1. The number of benzene rings is 2. The Bertz CT molecular complexity index is 700. The molecule has 0 aliphatic rings. The first-order valence-corrected chi connectivity index (χ1v) is 7.38. The maximum absolute atomic E-state index is 14.0. The summed E-state index contributed by atoms with van der Waals surface area (Å²) in [5.74, 6) is -1.42. The predicted octanol–water partition coefficient (Wildman–Crippen LogP) is 3.16. The second-order valence-corrected chi connectivity index (χ2v) is 4.77. The zero-order chi connectivity index (χ0) is 17.4. The Hall–Kier alpha value is -2.89. The highest BCUT2D eigenvalue weighted by molar-refractivity contribution is 5.84. The van der Waals surface area contributed by atoms with Gasteiger partial charge in [0.1, 0.15) is 17.9 Å². The van der Waals surface area contributed by atoms with Crippen LogP contribution in [0.5, 0.6) is 11.5 Å². The van der Waals surface area contributed by atoms with Crippen LogP contribution in [-0.4, -0.2) is 25.5 Å². The van der Waals surface area contributed by atoms with Gasteiger partial charge >= 0.3 is 5.97 Å². The van der Waals surface area contributed by atoms with Crippen LogP contribution in [0.25, 0.3) is 0 Å². The molecule has 0 atom stereocenters. The van der Waals surface area contributed by atoms with E-state index in [4.69, 9.17) is 14.2 Å². The molecule has 2 rings (SSSR count). The van der Waals surface area contributed by atoms with E-state index in [9.17, 15) is 14.0 Å². The molecule has 0 radical (unpaired) electrons. The molecule has 0 saturated heterocycles. The van der Waals surface area contributed by atoms with Gasteiger partial charge in [-0.25, -0.2) is 9.18 Å². The molecule has 0 N–H and O–H groups in total. The topological polar surface area (TPSA) is 61.8 Å². The van der Waals surface area contributed by atoms with E-state index in [2.05, 4.69) is 0 Å².